The van der Waals surface area contributed by atoms with E-state index in [1.165, 1.54) is 19.3 Å². The standard InChI is InChI=1S/C19H19FN2O4/c1-25-14-5-3-12(4-6-14)11-22-18(23)8-7-15-16(19(24)26-2)9-13(20)10-17(15)21/h3-10H,11,21H2,1-2H3,(H,22,23)/b8-7+. The summed E-state index contributed by atoms with van der Waals surface area (Å²) >= 11 is 0. The van der Waals surface area contributed by atoms with Gasteiger partial charge in [0.25, 0.3) is 0 Å². The predicted molar refractivity (Wildman–Crippen MR) is 96.0 cm³/mol. The summed E-state index contributed by atoms with van der Waals surface area (Å²) in [6.45, 7) is 0.315. The number of nitrogens with one attached hydrogen (secondary N) is 1. The summed E-state index contributed by atoms with van der Waals surface area (Å²) < 4.78 is 23.1. The maximum Gasteiger partial charge on any atom is 0.338 e. The largest absolute Gasteiger partial charge is 0.497 e. The Labute approximate surface area is 150 Å². The van der Waals surface area contributed by atoms with Crippen molar-refractivity contribution in [1.29, 1.82) is 0 Å². The minimum atomic E-state index is -0.741. The summed E-state index contributed by atoms with van der Waals surface area (Å²) in [5, 5.41) is 2.70. The van der Waals surface area contributed by atoms with Crippen molar-refractivity contribution >= 4 is 23.6 Å². The van der Waals surface area contributed by atoms with Gasteiger partial charge in [-0.1, -0.05) is 12.1 Å². The zero-order valence-electron chi connectivity index (χ0n) is 14.4. The highest BCUT2D eigenvalue weighted by atomic mass is 19.1. The summed E-state index contributed by atoms with van der Waals surface area (Å²) in [5.74, 6) is -1.07. The number of benzene rings is 2. The number of nitrogen functional groups attached to an aromatic ring is 1. The van der Waals surface area contributed by atoms with E-state index in [2.05, 4.69) is 10.1 Å². The molecule has 26 heavy (non-hydrogen) atoms. The lowest BCUT2D eigenvalue weighted by Gasteiger charge is -2.08. The first-order valence-electron chi connectivity index (χ1n) is 7.70. The van der Waals surface area contributed by atoms with Gasteiger partial charge in [-0.15, -0.1) is 0 Å². The molecule has 0 aliphatic carbocycles. The molecule has 0 saturated carbocycles. The van der Waals surface area contributed by atoms with Crippen molar-refractivity contribution in [3.05, 3.63) is 65.0 Å². The molecule has 0 aliphatic rings. The Bertz CT molecular complexity index is 832. The highest BCUT2D eigenvalue weighted by Gasteiger charge is 2.15. The Morgan fingerprint density at radius 2 is 1.88 bits per heavy atom. The zero-order chi connectivity index (χ0) is 19.1. The highest BCUT2D eigenvalue weighted by Crippen LogP contribution is 2.22. The fourth-order valence-electron chi connectivity index (χ4n) is 2.25. The quantitative estimate of drug-likeness (QED) is 0.470. The molecule has 0 aliphatic heterocycles. The molecule has 0 bridgehead atoms. The third-order valence-electron chi connectivity index (χ3n) is 3.61. The van der Waals surface area contributed by atoms with Crippen LogP contribution in [0.15, 0.2) is 42.5 Å². The van der Waals surface area contributed by atoms with Gasteiger partial charge in [0.05, 0.1) is 19.8 Å². The molecule has 0 radical (unpaired) electrons. The monoisotopic (exact) mass is 358 g/mol. The van der Waals surface area contributed by atoms with Crippen LogP contribution in [0.1, 0.15) is 21.5 Å². The first-order chi connectivity index (χ1) is 12.4. The Balaban J connectivity index is 2.08. The minimum absolute atomic E-state index is 0.0320. The average Bonchev–Trinajstić information content (AvgIpc) is 2.64. The van der Waals surface area contributed by atoms with Gasteiger partial charge < -0.3 is 20.5 Å². The normalized spacial score (nSPS) is 10.6. The molecule has 3 N–H and O–H groups in total. The second-order valence-corrected chi connectivity index (χ2v) is 5.35. The lowest BCUT2D eigenvalue weighted by molar-refractivity contribution is -0.116. The number of halogens is 1. The first-order valence-corrected chi connectivity index (χ1v) is 7.70. The van der Waals surface area contributed by atoms with Gasteiger partial charge in [-0.3, -0.25) is 4.79 Å². The van der Waals surface area contributed by atoms with E-state index in [1.807, 2.05) is 12.1 Å². The number of hydrogen-bond donors (Lipinski definition) is 2. The van der Waals surface area contributed by atoms with Crippen LogP contribution in [0.25, 0.3) is 6.08 Å². The Morgan fingerprint density at radius 3 is 2.50 bits per heavy atom. The number of nitrogens with two attached hydrogens (primary N) is 1. The van der Waals surface area contributed by atoms with Gasteiger partial charge >= 0.3 is 5.97 Å². The highest BCUT2D eigenvalue weighted by molar-refractivity contribution is 5.99. The molecule has 0 atom stereocenters. The molecular weight excluding hydrogens is 339 g/mol. The molecule has 2 aromatic rings. The maximum absolute atomic E-state index is 13.5. The molecule has 136 valence electrons. The molecule has 0 spiro atoms. The van der Waals surface area contributed by atoms with E-state index in [4.69, 9.17) is 10.5 Å². The Morgan fingerprint density at radius 1 is 1.19 bits per heavy atom. The van der Waals surface area contributed by atoms with Crippen molar-refractivity contribution < 1.29 is 23.5 Å². The molecule has 0 heterocycles. The first kappa shape index (κ1) is 19.0. The topological polar surface area (TPSA) is 90.7 Å². The van der Waals surface area contributed by atoms with E-state index in [9.17, 15) is 14.0 Å². The molecular formula is C19H19FN2O4. The number of anilines is 1. The summed E-state index contributed by atoms with van der Waals surface area (Å²) in [7, 11) is 2.75. The van der Waals surface area contributed by atoms with E-state index < -0.39 is 11.8 Å². The predicted octanol–water partition coefficient (Wildman–Crippen LogP) is 2.53. The lowest BCUT2D eigenvalue weighted by atomic mass is 10.0. The number of ether oxygens (including phenoxy) is 2. The van der Waals surface area contributed by atoms with Gasteiger partial charge in [0.2, 0.25) is 5.91 Å². The van der Waals surface area contributed by atoms with E-state index in [-0.39, 0.29) is 22.7 Å². The second-order valence-electron chi connectivity index (χ2n) is 5.35. The average molecular weight is 358 g/mol. The van der Waals surface area contributed by atoms with Crippen molar-refractivity contribution in [2.24, 2.45) is 0 Å². The molecule has 2 aromatic carbocycles. The van der Waals surface area contributed by atoms with Crippen molar-refractivity contribution in [2.45, 2.75) is 6.54 Å². The van der Waals surface area contributed by atoms with Crippen LogP contribution in [0.3, 0.4) is 0 Å². The van der Waals surface area contributed by atoms with Crippen LogP contribution >= 0.6 is 0 Å². The van der Waals surface area contributed by atoms with Crippen LogP contribution in [-0.4, -0.2) is 26.1 Å². The fraction of sp³-hybridized carbons (Fsp3) is 0.158. The number of carbonyl (C=O) groups is 2. The van der Waals surface area contributed by atoms with Crippen LogP contribution in [0.5, 0.6) is 5.75 Å². The summed E-state index contributed by atoms with van der Waals surface area (Å²) in [5.41, 5.74) is 6.84. The van der Waals surface area contributed by atoms with Gasteiger partial charge in [0.15, 0.2) is 0 Å². The number of carbonyl (C=O) groups excluding carboxylic acids is 2. The molecule has 0 saturated heterocycles. The molecule has 0 aromatic heterocycles. The van der Waals surface area contributed by atoms with Crippen LogP contribution in [-0.2, 0) is 16.1 Å². The van der Waals surface area contributed by atoms with E-state index in [1.54, 1.807) is 19.2 Å². The number of methoxy groups -OCH3 is 2. The maximum atomic E-state index is 13.5. The summed E-state index contributed by atoms with van der Waals surface area (Å²) in [4.78, 5) is 23.7. The van der Waals surface area contributed by atoms with E-state index in [0.29, 0.717) is 6.54 Å². The Hall–Kier alpha value is -3.35. The van der Waals surface area contributed by atoms with E-state index >= 15 is 0 Å². The summed E-state index contributed by atoms with van der Waals surface area (Å²) in [6, 6.07) is 9.32. The van der Waals surface area contributed by atoms with Crippen LogP contribution < -0.4 is 15.8 Å². The zero-order valence-corrected chi connectivity index (χ0v) is 14.4. The van der Waals surface area contributed by atoms with Crippen LogP contribution in [0.2, 0.25) is 0 Å². The van der Waals surface area contributed by atoms with Gasteiger partial charge in [-0.25, -0.2) is 9.18 Å². The van der Waals surface area contributed by atoms with Gasteiger partial charge in [0.1, 0.15) is 11.6 Å². The minimum Gasteiger partial charge on any atom is -0.497 e. The molecule has 1 amide bonds. The number of rotatable bonds is 6. The fourth-order valence-corrected chi connectivity index (χ4v) is 2.25. The Kier molecular flexibility index (Phi) is 6.32. The second kappa shape index (κ2) is 8.66. The third-order valence-corrected chi connectivity index (χ3v) is 3.61. The number of amides is 1. The van der Waals surface area contributed by atoms with Crippen molar-refractivity contribution in [1.82, 2.24) is 5.32 Å². The van der Waals surface area contributed by atoms with Gasteiger partial charge in [-0.2, -0.15) is 0 Å². The van der Waals surface area contributed by atoms with Gasteiger partial charge in [-0.05, 0) is 35.9 Å². The van der Waals surface area contributed by atoms with Crippen LogP contribution in [0, 0.1) is 5.82 Å². The molecule has 6 nitrogen and oxygen atoms in total. The lowest BCUT2D eigenvalue weighted by Crippen LogP contribution is -2.20. The van der Waals surface area contributed by atoms with Crippen LogP contribution in [0.4, 0.5) is 10.1 Å². The number of esters is 1. The number of hydrogen-bond acceptors (Lipinski definition) is 5. The van der Waals surface area contributed by atoms with Gasteiger partial charge in [0, 0.05) is 23.9 Å². The third kappa shape index (κ3) is 4.83. The van der Waals surface area contributed by atoms with E-state index in [0.717, 1.165) is 23.4 Å². The molecule has 0 unspecified atom stereocenters. The molecule has 0 fully saturated rings. The molecule has 7 heteroatoms. The van der Waals surface area contributed by atoms with Crippen molar-refractivity contribution in [3.8, 4) is 5.75 Å². The SMILES string of the molecule is COC(=O)c1cc(F)cc(N)c1/C=C/C(=O)NCc1ccc(OC)cc1. The van der Waals surface area contributed by atoms with Crippen molar-refractivity contribution in [3.63, 3.8) is 0 Å². The summed E-state index contributed by atoms with van der Waals surface area (Å²) in [6.07, 6.45) is 2.57. The molecule has 2 rings (SSSR count). The smallest absolute Gasteiger partial charge is 0.338 e. The van der Waals surface area contributed by atoms with Crippen molar-refractivity contribution in [2.75, 3.05) is 20.0 Å².